The summed E-state index contributed by atoms with van der Waals surface area (Å²) >= 11 is 0. The fourth-order valence-electron chi connectivity index (χ4n) is 3.50. The fraction of sp³-hybridized carbons (Fsp3) is 0.350. The molecule has 28 heavy (non-hydrogen) atoms. The SMILES string of the molecule is CCOc1cc(C(=O)N2CCCC2c2ccc(F)cc2)c([N+](=O)[O-])cc1OC. The van der Waals surface area contributed by atoms with Gasteiger partial charge in [-0.1, -0.05) is 12.1 Å². The zero-order chi connectivity index (χ0) is 20.3. The molecule has 148 valence electrons. The summed E-state index contributed by atoms with van der Waals surface area (Å²) in [5.41, 5.74) is 0.409. The van der Waals surface area contributed by atoms with Gasteiger partial charge in [-0.05, 0) is 37.5 Å². The van der Waals surface area contributed by atoms with Gasteiger partial charge < -0.3 is 14.4 Å². The van der Waals surface area contributed by atoms with Gasteiger partial charge in [0.15, 0.2) is 11.5 Å². The molecule has 1 aliphatic heterocycles. The minimum atomic E-state index is -0.603. The van der Waals surface area contributed by atoms with Gasteiger partial charge in [-0.25, -0.2) is 4.39 Å². The van der Waals surface area contributed by atoms with E-state index in [-0.39, 0.29) is 34.6 Å². The molecule has 1 heterocycles. The van der Waals surface area contributed by atoms with Crippen LogP contribution in [0.1, 0.15) is 41.7 Å². The van der Waals surface area contributed by atoms with Crippen LogP contribution in [0.15, 0.2) is 36.4 Å². The molecular weight excluding hydrogens is 367 g/mol. The Morgan fingerprint density at radius 1 is 1.29 bits per heavy atom. The minimum Gasteiger partial charge on any atom is -0.493 e. The topological polar surface area (TPSA) is 81.9 Å². The number of hydrogen-bond donors (Lipinski definition) is 0. The molecule has 0 spiro atoms. The molecule has 0 aromatic heterocycles. The van der Waals surface area contributed by atoms with Gasteiger partial charge in [0.2, 0.25) is 0 Å². The summed E-state index contributed by atoms with van der Waals surface area (Å²) in [6.07, 6.45) is 1.47. The van der Waals surface area contributed by atoms with Crippen molar-refractivity contribution >= 4 is 11.6 Å². The van der Waals surface area contributed by atoms with Crippen molar-refractivity contribution in [3.05, 3.63) is 63.5 Å². The molecule has 0 radical (unpaired) electrons. The van der Waals surface area contributed by atoms with Crippen molar-refractivity contribution in [1.82, 2.24) is 4.90 Å². The third-order valence-corrected chi connectivity index (χ3v) is 4.78. The van der Waals surface area contributed by atoms with E-state index >= 15 is 0 Å². The molecule has 3 rings (SSSR count). The van der Waals surface area contributed by atoms with Gasteiger partial charge in [0.05, 0.1) is 30.7 Å². The van der Waals surface area contributed by atoms with Crippen molar-refractivity contribution < 1.29 is 23.6 Å². The second-order valence-corrected chi connectivity index (χ2v) is 6.42. The molecule has 2 aromatic carbocycles. The smallest absolute Gasteiger partial charge is 0.286 e. The second kappa shape index (κ2) is 8.24. The van der Waals surface area contributed by atoms with Crippen LogP contribution in [0.25, 0.3) is 0 Å². The third kappa shape index (κ3) is 3.76. The summed E-state index contributed by atoms with van der Waals surface area (Å²) in [5, 5.41) is 11.6. The number of carbonyl (C=O) groups is 1. The van der Waals surface area contributed by atoms with Crippen LogP contribution in [-0.4, -0.2) is 36.0 Å². The number of rotatable bonds is 6. The molecule has 2 aromatic rings. The summed E-state index contributed by atoms with van der Waals surface area (Å²) in [4.78, 5) is 25.8. The standard InChI is InChI=1S/C20H21FN2O5/c1-3-28-19-11-15(17(23(25)26)12-18(19)27-2)20(24)22-10-4-5-16(22)13-6-8-14(21)9-7-13/h6-9,11-12,16H,3-5,10H2,1-2H3. The summed E-state index contributed by atoms with van der Waals surface area (Å²) in [7, 11) is 1.38. The van der Waals surface area contributed by atoms with Crippen LogP contribution in [-0.2, 0) is 0 Å². The number of nitro benzene ring substituents is 1. The van der Waals surface area contributed by atoms with E-state index in [1.54, 1.807) is 24.0 Å². The maximum absolute atomic E-state index is 13.2. The first-order chi connectivity index (χ1) is 13.5. The highest BCUT2D eigenvalue weighted by molar-refractivity contribution is 5.99. The van der Waals surface area contributed by atoms with Crippen LogP contribution in [0.2, 0.25) is 0 Å². The average Bonchev–Trinajstić information content (AvgIpc) is 3.17. The van der Waals surface area contributed by atoms with Crippen molar-refractivity contribution in [2.24, 2.45) is 0 Å². The molecule has 0 bridgehead atoms. The molecule has 1 saturated heterocycles. The van der Waals surface area contributed by atoms with Gasteiger partial charge >= 0.3 is 0 Å². The number of likely N-dealkylation sites (tertiary alicyclic amines) is 1. The van der Waals surface area contributed by atoms with Crippen molar-refractivity contribution in [2.45, 2.75) is 25.8 Å². The summed E-state index contributed by atoms with van der Waals surface area (Å²) < 4.78 is 23.9. The molecule has 0 aliphatic carbocycles. The first-order valence-corrected chi connectivity index (χ1v) is 9.02. The molecule has 1 unspecified atom stereocenters. The molecule has 0 N–H and O–H groups in total. The summed E-state index contributed by atoms with van der Waals surface area (Å²) in [6, 6.07) is 8.28. The molecule has 1 amide bonds. The molecule has 8 heteroatoms. The number of amides is 1. The van der Waals surface area contributed by atoms with E-state index < -0.39 is 10.8 Å². The number of methoxy groups -OCH3 is 1. The van der Waals surface area contributed by atoms with Gasteiger partial charge in [-0.3, -0.25) is 14.9 Å². The Labute approximate surface area is 161 Å². The van der Waals surface area contributed by atoms with E-state index in [0.29, 0.717) is 19.6 Å². The highest BCUT2D eigenvalue weighted by atomic mass is 19.1. The van der Waals surface area contributed by atoms with Gasteiger partial charge in [-0.15, -0.1) is 0 Å². The van der Waals surface area contributed by atoms with E-state index in [4.69, 9.17) is 9.47 Å². The lowest BCUT2D eigenvalue weighted by Crippen LogP contribution is -2.31. The van der Waals surface area contributed by atoms with E-state index in [1.165, 1.54) is 31.4 Å². The highest BCUT2D eigenvalue weighted by Gasteiger charge is 2.35. The third-order valence-electron chi connectivity index (χ3n) is 4.78. The molecule has 1 fully saturated rings. The lowest BCUT2D eigenvalue weighted by atomic mass is 10.0. The van der Waals surface area contributed by atoms with Crippen LogP contribution in [0, 0.1) is 15.9 Å². The predicted octanol–water partition coefficient (Wildman–Crippen LogP) is 4.12. The first kappa shape index (κ1) is 19.6. The van der Waals surface area contributed by atoms with E-state index in [9.17, 15) is 19.3 Å². The molecule has 0 saturated carbocycles. The number of carbonyl (C=O) groups excluding carboxylic acids is 1. The van der Waals surface area contributed by atoms with Crippen LogP contribution >= 0.6 is 0 Å². The van der Waals surface area contributed by atoms with Gasteiger partial charge in [0, 0.05) is 12.6 Å². The number of benzene rings is 2. The maximum atomic E-state index is 13.2. The maximum Gasteiger partial charge on any atom is 0.286 e. The van der Waals surface area contributed by atoms with Gasteiger partial charge in [-0.2, -0.15) is 0 Å². The predicted molar refractivity (Wildman–Crippen MR) is 100 cm³/mol. The number of nitro groups is 1. The van der Waals surface area contributed by atoms with Crippen molar-refractivity contribution in [3.8, 4) is 11.5 Å². The van der Waals surface area contributed by atoms with Gasteiger partial charge in [0.25, 0.3) is 11.6 Å². The highest BCUT2D eigenvalue weighted by Crippen LogP contribution is 2.38. The van der Waals surface area contributed by atoms with E-state index in [2.05, 4.69) is 0 Å². The average molecular weight is 388 g/mol. The second-order valence-electron chi connectivity index (χ2n) is 6.42. The Balaban J connectivity index is 2.01. The van der Waals surface area contributed by atoms with Crippen molar-refractivity contribution in [2.75, 3.05) is 20.3 Å². The number of ether oxygens (including phenoxy) is 2. The normalized spacial score (nSPS) is 16.1. The largest absolute Gasteiger partial charge is 0.493 e. The van der Waals surface area contributed by atoms with Crippen LogP contribution in [0.4, 0.5) is 10.1 Å². The Hall–Kier alpha value is -3.16. The monoisotopic (exact) mass is 388 g/mol. The molecular formula is C20H21FN2O5. The van der Waals surface area contributed by atoms with Crippen LogP contribution < -0.4 is 9.47 Å². The van der Waals surface area contributed by atoms with Crippen molar-refractivity contribution in [3.63, 3.8) is 0 Å². The Kier molecular flexibility index (Phi) is 5.77. The molecule has 1 aliphatic rings. The minimum absolute atomic E-state index is 0.0525. The zero-order valence-corrected chi connectivity index (χ0v) is 15.7. The first-order valence-electron chi connectivity index (χ1n) is 9.02. The Morgan fingerprint density at radius 3 is 2.61 bits per heavy atom. The Morgan fingerprint density at radius 2 is 2.00 bits per heavy atom. The molecule has 7 nitrogen and oxygen atoms in total. The Bertz CT molecular complexity index is 885. The number of halogens is 1. The number of nitrogens with zero attached hydrogens (tertiary/aromatic N) is 2. The van der Waals surface area contributed by atoms with E-state index in [1.807, 2.05) is 0 Å². The van der Waals surface area contributed by atoms with Crippen molar-refractivity contribution in [1.29, 1.82) is 0 Å². The van der Waals surface area contributed by atoms with Crippen LogP contribution in [0.5, 0.6) is 11.5 Å². The van der Waals surface area contributed by atoms with E-state index in [0.717, 1.165) is 12.0 Å². The molecule has 1 atom stereocenters. The fourth-order valence-corrected chi connectivity index (χ4v) is 3.50. The summed E-state index contributed by atoms with van der Waals surface area (Å²) in [5.74, 6) is -0.341. The lowest BCUT2D eigenvalue weighted by Gasteiger charge is -2.25. The summed E-state index contributed by atoms with van der Waals surface area (Å²) in [6.45, 7) is 2.56. The van der Waals surface area contributed by atoms with Crippen LogP contribution in [0.3, 0.4) is 0 Å². The van der Waals surface area contributed by atoms with Gasteiger partial charge in [0.1, 0.15) is 11.4 Å². The number of hydrogen-bond acceptors (Lipinski definition) is 5. The zero-order valence-electron chi connectivity index (χ0n) is 15.7. The lowest BCUT2D eigenvalue weighted by molar-refractivity contribution is -0.385. The quantitative estimate of drug-likeness (QED) is 0.549.